The third kappa shape index (κ3) is 4.85. The first-order chi connectivity index (χ1) is 13.9. The van der Waals surface area contributed by atoms with Crippen LogP contribution in [0.1, 0.15) is 33.2 Å². The highest BCUT2D eigenvalue weighted by atomic mass is 32.2. The Morgan fingerprint density at radius 3 is 2.13 bits per heavy atom. The smallest absolute Gasteiger partial charge is 0.308 e. The second-order valence-corrected chi connectivity index (χ2v) is 8.19. The zero-order valence-electron chi connectivity index (χ0n) is 16.0. The van der Waals surface area contributed by atoms with Crippen LogP contribution in [0.2, 0.25) is 0 Å². The fraction of sp³-hybridized carbons (Fsp3) is 0.350. The molecular weight excluding hydrogens is 430 g/mol. The van der Waals surface area contributed by atoms with Gasteiger partial charge in [0.15, 0.2) is 0 Å². The first-order valence-electron chi connectivity index (χ1n) is 8.92. The Morgan fingerprint density at radius 1 is 1.00 bits per heavy atom. The number of carbonyl (C=O) groups is 1. The number of anilines is 1. The first-order valence-corrected chi connectivity index (χ1v) is 9.97. The summed E-state index contributed by atoms with van der Waals surface area (Å²) in [5, 5.41) is 1.84. The number of urea groups is 1. The second kappa shape index (κ2) is 8.05. The molecular formula is C20H18F6N2OS. The van der Waals surface area contributed by atoms with Gasteiger partial charge in [0.1, 0.15) is 5.37 Å². The molecule has 0 radical (unpaired) electrons. The van der Waals surface area contributed by atoms with Gasteiger partial charge in [0.25, 0.3) is 0 Å². The van der Waals surface area contributed by atoms with Crippen molar-refractivity contribution >= 4 is 23.5 Å². The maximum atomic E-state index is 13.0. The van der Waals surface area contributed by atoms with Crippen molar-refractivity contribution in [1.82, 2.24) is 4.90 Å². The summed E-state index contributed by atoms with van der Waals surface area (Å²) >= 11 is 1.48. The Morgan fingerprint density at radius 2 is 1.60 bits per heavy atom. The summed E-state index contributed by atoms with van der Waals surface area (Å²) in [4.78, 5) is 14.2. The molecule has 1 unspecified atom stereocenters. The van der Waals surface area contributed by atoms with Crippen LogP contribution in [-0.4, -0.2) is 23.2 Å². The number of aryl methyl sites for hydroxylation is 2. The van der Waals surface area contributed by atoms with Gasteiger partial charge in [0.05, 0.1) is 11.1 Å². The lowest BCUT2D eigenvalue weighted by Crippen LogP contribution is -2.34. The molecule has 1 heterocycles. The van der Waals surface area contributed by atoms with Gasteiger partial charge in [-0.05, 0) is 43.2 Å². The number of benzene rings is 2. The Bertz CT molecular complexity index is 925. The molecule has 2 aromatic rings. The Kier molecular flexibility index (Phi) is 5.99. The number of alkyl halides is 6. The molecule has 10 heteroatoms. The minimum atomic E-state index is -4.98. The van der Waals surface area contributed by atoms with Gasteiger partial charge in [-0.1, -0.05) is 23.8 Å². The summed E-state index contributed by atoms with van der Waals surface area (Å²) < 4.78 is 78.2. The predicted molar refractivity (Wildman–Crippen MR) is 103 cm³/mol. The molecule has 0 bridgehead atoms. The van der Waals surface area contributed by atoms with Crippen molar-refractivity contribution in [3.8, 4) is 0 Å². The highest BCUT2D eigenvalue weighted by Gasteiger charge is 2.38. The summed E-state index contributed by atoms with van der Waals surface area (Å²) in [5.74, 6) is 0.599. The minimum Gasteiger partial charge on any atom is -0.308 e. The number of halogens is 6. The molecule has 0 spiro atoms. The van der Waals surface area contributed by atoms with Gasteiger partial charge < -0.3 is 10.2 Å². The van der Waals surface area contributed by atoms with Gasteiger partial charge in [-0.15, -0.1) is 11.8 Å². The van der Waals surface area contributed by atoms with Gasteiger partial charge in [-0.25, -0.2) is 4.79 Å². The molecule has 0 saturated carbocycles. The van der Waals surface area contributed by atoms with Crippen molar-refractivity contribution in [2.75, 3.05) is 17.6 Å². The molecule has 0 aromatic heterocycles. The molecule has 1 N–H and O–H groups in total. The zero-order chi connectivity index (χ0) is 22.3. The van der Waals surface area contributed by atoms with E-state index in [-0.39, 0.29) is 11.4 Å². The average Bonchev–Trinajstić information content (AvgIpc) is 3.09. The van der Waals surface area contributed by atoms with E-state index in [1.807, 2.05) is 32.0 Å². The number of carbonyl (C=O) groups excluding carboxylic acids is 1. The van der Waals surface area contributed by atoms with Crippen LogP contribution in [0.5, 0.6) is 0 Å². The summed E-state index contributed by atoms with van der Waals surface area (Å²) in [5.41, 5.74) is -0.648. The number of hydrogen-bond donors (Lipinski definition) is 1. The lowest BCUT2D eigenvalue weighted by atomic mass is 10.1. The molecule has 1 aliphatic rings. The highest BCUT2D eigenvalue weighted by molar-refractivity contribution is 7.99. The van der Waals surface area contributed by atoms with E-state index in [1.54, 1.807) is 0 Å². The Balaban J connectivity index is 1.89. The van der Waals surface area contributed by atoms with E-state index in [2.05, 4.69) is 5.32 Å². The number of thioether (sulfide) groups is 1. The lowest BCUT2D eigenvalue weighted by Gasteiger charge is -2.26. The molecule has 0 aliphatic carbocycles. The average molecular weight is 448 g/mol. The summed E-state index contributed by atoms with van der Waals surface area (Å²) in [6, 6.07) is 5.99. The lowest BCUT2D eigenvalue weighted by molar-refractivity contribution is -0.143. The molecule has 1 fully saturated rings. The van der Waals surface area contributed by atoms with Crippen LogP contribution >= 0.6 is 11.8 Å². The maximum Gasteiger partial charge on any atom is 0.416 e. The monoisotopic (exact) mass is 448 g/mol. The molecule has 2 amide bonds. The number of rotatable bonds is 2. The number of hydrogen-bond acceptors (Lipinski definition) is 2. The van der Waals surface area contributed by atoms with E-state index in [1.165, 1.54) is 16.7 Å². The number of amides is 2. The van der Waals surface area contributed by atoms with Crippen LogP contribution in [0.4, 0.5) is 36.8 Å². The SMILES string of the molecule is Cc1ccc(C2SCCN2C(=O)Nc2cc(C(F)(F)F)cc(C(F)(F)F)c2)c(C)c1. The molecule has 1 atom stereocenters. The van der Waals surface area contributed by atoms with Gasteiger partial charge in [-0.2, -0.15) is 26.3 Å². The normalized spacial score (nSPS) is 17.3. The third-order valence-electron chi connectivity index (χ3n) is 4.68. The van der Waals surface area contributed by atoms with Crippen molar-refractivity contribution < 1.29 is 31.1 Å². The van der Waals surface area contributed by atoms with E-state index >= 15 is 0 Å². The third-order valence-corrected chi connectivity index (χ3v) is 5.92. The number of nitrogens with one attached hydrogen (secondary N) is 1. The van der Waals surface area contributed by atoms with Crippen LogP contribution in [0.3, 0.4) is 0 Å². The summed E-state index contributed by atoms with van der Waals surface area (Å²) in [7, 11) is 0. The van der Waals surface area contributed by atoms with Crippen molar-refractivity contribution in [1.29, 1.82) is 0 Å². The van der Waals surface area contributed by atoms with Crippen molar-refractivity contribution in [2.24, 2.45) is 0 Å². The van der Waals surface area contributed by atoms with Crippen LogP contribution in [0.15, 0.2) is 36.4 Å². The summed E-state index contributed by atoms with van der Waals surface area (Å²) in [6.07, 6.45) is -9.96. The van der Waals surface area contributed by atoms with Crippen LogP contribution in [-0.2, 0) is 12.4 Å². The highest BCUT2D eigenvalue weighted by Crippen LogP contribution is 2.41. The topological polar surface area (TPSA) is 32.3 Å². The van der Waals surface area contributed by atoms with Crippen molar-refractivity contribution in [3.05, 3.63) is 64.2 Å². The molecule has 30 heavy (non-hydrogen) atoms. The fourth-order valence-corrected chi connectivity index (χ4v) is 4.61. The van der Waals surface area contributed by atoms with E-state index in [0.29, 0.717) is 24.4 Å². The van der Waals surface area contributed by atoms with Gasteiger partial charge >= 0.3 is 18.4 Å². The van der Waals surface area contributed by atoms with Gasteiger partial charge in [-0.3, -0.25) is 0 Å². The largest absolute Gasteiger partial charge is 0.416 e. The Labute approximate surface area is 173 Å². The minimum absolute atomic E-state index is 0.0276. The molecule has 3 nitrogen and oxygen atoms in total. The van der Waals surface area contributed by atoms with E-state index < -0.39 is 35.2 Å². The second-order valence-electron chi connectivity index (χ2n) is 7.00. The predicted octanol–water partition coefficient (Wildman–Crippen LogP) is 6.62. The van der Waals surface area contributed by atoms with Crippen LogP contribution in [0.25, 0.3) is 0 Å². The molecule has 1 aliphatic heterocycles. The molecule has 1 saturated heterocycles. The van der Waals surface area contributed by atoms with Gasteiger partial charge in [0, 0.05) is 18.0 Å². The fourth-order valence-electron chi connectivity index (χ4n) is 3.26. The van der Waals surface area contributed by atoms with E-state index in [4.69, 9.17) is 0 Å². The van der Waals surface area contributed by atoms with Crippen molar-refractivity contribution in [3.63, 3.8) is 0 Å². The van der Waals surface area contributed by atoms with E-state index in [0.717, 1.165) is 16.7 Å². The standard InChI is InChI=1S/C20H18F6N2OS/c1-11-3-4-16(12(2)7-11)17-28(5-6-30-17)18(29)27-15-9-13(19(21,22)23)8-14(10-15)20(24,25)26/h3-4,7-10,17H,5-6H2,1-2H3,(H,27,29). The maximum absolute atomic E-state index is 13.0. The Hall–Kier alpha value is -2.36. The van der Waals surface area contributed by atoms with E-state index in [9.17, 15) is 31.1 Å². The first kappa shape index (κ1) is 22.3. The van der Waals surface area contributed by atoms with Crippen LogP contribution < -0.4 is 5.32 Å². The van der Waals surface area contributed by atoms with Gasteiger partial charge in [0.2, 0.25) is 0 Å². The zero-order valence-corrected chi connectivity index (χ0v) is 16.8. The molecule has 162 valence electrons. The summed E-state index contributed by atoms with van der Waals surface area (Å²) in [6.45, 7) is 4.13. The van der Waals surface area contributed by atoms with Crippen LogP contribution in [0, 0.1) is 13.8 Å². The molecule has 2 aromatic carbocycles. The quantitative estimate of drug-likeness (QED) is 0.524. The van der Waals surface area contributed by atoms with Crippen molar-refractivity contribution in [2.45, 2.75) is 31.6 Å². The molecule has 3 rings (SSSR count). The number of nitrogens with zero attached hydrogens (tertiary/aromatic N) is 1.